The predicted molar refractivity (Wildman–Crippen MR) is 93.8 cm³/mol. The highest BCUT2D eigenvalue weighted by Crippen LogP contribution is 2.24. The molecule has 0 aliphatic carbocycles. The van der Waals surface area contributed by atoms with Gasteiger partial charge in [-0.2, -0.15) is 4.72 Å². The summed E-state index contributed by atoms with van der Waals surface area (Å²) in [5, 5.41) is 12.0. The number of thiophene rings is 1. The lowest BCUT2D eigenvalue weighted by Crippen LogP contribution is -2.33. The van der Waals surface area contributed by atoms with Gasteiger partial charge < -0.3 is 10.4 Å². The molecule has 25 heavy (non-hydrogen) atoms. The van der Waals surface area contributed by atoms with Crippen LogP contribution in [0.1, 0.15) is 23.4 Å². The molecule has 0 fully saturated rings. The molecule has 1 aromatic carbocycles. The molecule has 1 atom stereocenters. The van der Waals surface area contributed by atoms with Gasteiger partial charge >= 0.3 is 5.97 Å². The number of carbonyl (C=O) groups is 2. The van der Waals surface area contributed by atoms with Crippen molar-refractivity contribution in [2.75, 3.05) is 6.54 Å². The van der Waals surface area contributed by atoms with Crippen molar-refractivity contribution in [2.24, 2.45) is 0 Å². The summed E-state index contributed by atoms with van der Waals surface area (Å²) in [4.78, 5) is 23.1. The van der Waals surface area contributed by atoms with Crippen molar-refractivity contribution >= 4 is 33.2 Å². The number of rotatable bonds is 8. The Morgan fingerprint density at radius 3 is 2.44 bits per heavy atom. The molecule has 0 radical (unpaired) electrons. The zero-order valence-corrected chi connectivity index (χ0v) is 15.1. The number of aliphatic carboxylic acids is 1. The van der Waals surface area contributed by atoms with Crippen molar-refractivity contribution < 1.29 is 23.1 Å². The minimum Gasteiger partial charge on any atom is -0.480 e. The molecule has 0 saturated carbocycles. The molecule has 1 amide bonds. The lowest BCUT2D eigenvalue weighted by Gasteiger charge is -2.14. The molecule has 1 aromatic heterocycles. The quantitative estimate of drug-likeness (QED) is 0.641. The number of hydrogen-bond donors (Lipinski definition) is 3. The van der Waals surface area contributed by atoms with E-state index in [-0.39, 0.29) is 10.1 Å². The van der Waals surface area contributed by atoms with E-state index in [9.17, 15) is 23.1 Å². The summed E-state index contributed by atoms with van der Waals surface area (Å²) in [7, 11) is -3.97. The SMILES string of the molecule is CC(=O)NCCc1ccc(S(=O)(=O)N[C@@H](C(=O)O)c2ccccc2)s1. The van der Waals surface area contributed by atoms with Crippen molar-refractivity contribution in [2.45, 2.75) is 23.6 Å². The molecule has 0 aliphatic heterocycles. The fourth-order valence-electron chi connectivity index (χ4n) is 2.12. The number of amides is 1. The first-order chi connectivity index (χ1) is 11.8. The van der Waals surface area contributed by atoms with E-state index >= 15 is 0 Å². The third-order valence-electron chi connectivity index (χ3n) is 3.30. The molecule has 9 heteroatoms. The summed E-state index contributed by atoms with van der Waals surface area (Å²) >= 11 is 1.05. The van der Waals surface area contributed by atoms with E-state index < -0.39 is 22.0 Å². The number of benzene rings is 1. The second-order valence-electron chi connectivity index (χ2n) is 5.26. The van der Waals surface area contributed by atoms with Gasteiger partial charge in [0.15, 0.2) is 0 Å². The van der Waals surface area contributed by atoms with Crippen LogP contribution in [0.5, 0.6) is 0 Å². The van der Waals surface area contributed by atoms with Crippen LogP contribution >= 0.6 is 11.3 Å². The van der Waals surface area contributed by atoms with Crippen LogP contribution in [-0.4, -0.2) is 31.9 Å². The maximum Gasteiger partial charge on any atom is 0.326 e. The monoisotopic (exact) mass is 382 g/mol. The van der Waals surface area contributed by atoms with Crippen LogP contribution in [0.4, 0.5) is 0 Å². The van der Waals surface area contributed by atoms with Gasteiger partial charge in [0.2, 0.25) is 5.91 Å². The second-order valence-corrected chi connectivity index (χ2v) is 8.37. The van der Waals surface area contributed by atoms with E-state index in [1.807, 2.05) is 0 Å². The summed E-state index contributed by atoms with van der Waals surface area (Å²) in [5.74, 6) is -1.43. The molecule has 2 aromatic rings. The van der Waals surface area contributed by atoms with Gasteiger partial charge in [-0.25, -0.2) is 8.42 Å². The highest BCUT2D eigenvalue weighted by Gasteiger charge is 2.27. The average Bonchev–Trinajstić information content (AvgIpc) is 3.03. The molecule has 1 heterocycles. The summed E-state index contributed by atoms with van der Waals surface area (Å²) in [6.07, 6.45) is 0.501. The first-order valence-corrected chi connectivity index (χ1v) is 9.73. The van der Waals surface area contributed by atoms with Gasteiger partial charge in [-0.3, -0.25) is 9.59 Å². The van der Waals surface area contributed by atoms with Crippen LogP contribution in [0, 0.1) is 0 Å². The number of nitrogens with one attached hydrogen (secondary N) is 2. The van der Waals surface area contributed by atoms with Crippen LogP contribution in [-0.2, 0) is 26.0 Å². The molecule has 0 spiro atoms. The van der Waals surface area contributed by atoms with Crippen molar-refractivity contribution in [3.05, 3.63) is 52.9 Å². The number of carboxylic acids is 1. The van der Waals surface area contributed by atoms with Gasteiger partial charge in [-0.1, -0.05) is 30.3 Å². The Bertz CT molecular complexity index is 846. The average molecular weight is 382 g/mol. The van der Waals surface area contributed by atoms with E-state index in [1.54, 1.807) is 36.4 Å². The van der Waals surface area contributed by atoms with Gasteiger partial charge in [0.25, 0.3) is 10.0 Å². The fraction of sp³-hybridized carbons (Fsp3) is 0.250. The van der Waals surface area contributed by atoms with Crippen molar-refractivity contribution in [3.63, 3.8) is 0 Å². The molecule has 0 unspecified atom stereocenters. The smallest absolute Gasteiger partial charge is 0.326 e. The standard InChI is InChI=1S/C16H18N2O5S2/c1-11(19)17-10-9-13-7-8-14(24-13)25(22,23)18-15(16(20)21)12-5-3-2-4-6-12/h2-8,15,18H,9-10H2,1H3,(H,17,19)(H,20,21)/t15-/m1/s1. The van der Waals surface area contributed by atoms with Crippen molar-refractivity contribution in [1.82, 2.24) is 10.0 Å². The minimum atomic E-state index is -3.97. The third-order valence-corrected chi connectivity index (χ3v) is 6.36. The molecule has 0 bridgehead atoms. The largest absolute Gasteiger partial charge is 0.480 e. The summed E-state index contributed by atoms with van der Waals surface area (Å²) in [6.45, 7) is 1.81. The van der Waals surface area contributed by atoms with Gasteiger partial charge in [0.1, 0.15) is 10.3 Å². The Hall–Kier alpha value is -2.23. The number of carbonyl (C=O) groups excluding carboxylic acids is 1. The highest BCUT2D eigenvalue weighted by atomic mass is 32.2. The summed E-state index contributed by atoms with van der Waals surface area (Å²) < 4.78 is 27.2. The highest BCUT2D eigenvalue weighted by molar-refractivity contribution is 7.91. The Balaban J connectivity index is 2.13. The number of sulfonamides is 1. The molecule has 3 N–H and O–H groups in total. The molecule has 0 saturated heterocycles. The van der Waals surface area contributed by atoms with E-state index in [0.717, 1.165) is 16.2 Å². The summed E-state index contributed by atoms with van der Waals surface area (Å²) in [6, 6.07) is 9.83. The Morgan fingerprint density at radius 2 is 1.84 bits per heavy atom. The topological polar surface area (TPSA) is 113 Å². The predicted octanol–water partition coefficient (Wildman–Crippen LogP) is 1.53. The molecule has 7 nitrogen and oxygen atoms in total. The van der Waals surface area contributed by atoms with E-state index in [1.165, 1.54) is 13.0 Å². The van der Waals surface area contributed by atoms with Gasteiger partial charge in [0.05, 0.1) is 0 Å². The molecular weight excluding hydrogens is 364 g/mol. The second kappa shape index (κ2) is 8.24. The first-order valence-electron chi connectivity index (χ1n) is 7.43. The first kappa shape index (κ1) is 19.1. The summed E-state index contributed by atoms with van der Waals surface area (Å²) in [5.41, 5.74) is 0.348. The van der Waals surface area contributed by atoms with E-state index in [0.29, 0.717) is 18.5 Å². The maximum atomic E-state index is 12.5. The van der Waals surface area contributed by atoms with Crippen LogP contribution in [0.3, 0.4) is 0 Å². The fourth-order valence-corrected chi connectivity index (χ4v) is 4.67. The van der Waals surface area contributed by atoms with Crippen LogP contribution < -0.4 is 10.0 Å². The van der Waals surface area contributed by atoms with Gasteiger partial charge in [-0.05, 0) is 24.1 Å². The maximum absolute atomic E-state index is 12.5. The Labute approximate surface area is 149 Å². The van der Waals surface area contributed by atoms with Crippen molar-refractivity contribution in [3.8, 4) is 0 Å². The van der Waals surface area contributed by atoms with E-state index in [2.05, 4.69) is 10.0 Å². The van der Waals surface area contributed by atoms with E-state index in [4.69, 9.17) is 0 Å². The molecule has 2 rings (SSSR count). The van der Waals surface area contributed by atoms with Crippen LogP contribution in [0.25, 0.3) is 0 Å². The minimum absolute atomic E-state index is 0.0347. The number of carboxylic acid groups (broad SMARTS) is 1. The third kappa shape index (κ3) is 5.38. The normalized spacial score (nSPS) is 12.5. The molecule has 134 valence electrons. The lowest BCUT2D eigenvalue weighted by molar-refractivity contribution is -0.139. The molecular formula is C16H18N2O5S2. The van der Waals surface area contributed by atoms with Crippen molar-refractivity contribution in [1.29, 1.82) is 0 Å². The Kier molecular flexibility index (Phi) is 6.29. The van der Waals surface area contributed by atoms with Gasteiger partial charge in [0, 0.05) is 18.3 Å². The lowest BCUT2D eigenvalue weighted by atomic mass is 10.1. The Morgan fingerprint density at radius 1 is 1.16 bits per heavy atom. The number of hydrogen-bond acceptors (Lipinski definition) is 5. The zero-order valence-electron chi connectivity index (χ0n) is 13.4. The van der Waals surface area contributed by atoms with Crippen LogP contribution in [0.15, 0.2) is 46.7 Å². The van der Waals surface area contributed by atoms with Crippen LogP contribution in [0.2, 0.25) is 0 Å². The zero-order chi connectivity index (χ0) is 18.4. The molecule has 0 aliphatic rings. The van der Waals surface area contributed by atoms with Gasteiger partial charge in [-0.15, -0.1) is 11.3 Å².